The third-order valence-electron chi connectivity index (χ3n) is 3.89. The zero-order valence-electron chi connectivity index (χ0n) is 13.8. The van der Waals surface area contributed by atoms with Crippen LogP contribution in [0.5, 0.6) is 0 Å². The maximum atomic E-state index is 13.8. The van der Waals surface area contributed by atoms with Crippen molar-refractivity contribution < 1.29 is 27.5 Å². The van der Waals surface area contributed by atoms with Crippen molar-refractivity contribution >= 4 is 44.1 Å². The van der Waals surface area contributed by atoms with Crippen molar-refractivity contribution in [3.63, 3.8) is 0 Å². The number of alkyl halides is 3. The minimum atomic E-state index is -5.07. The Balaban J connectivity index is 2.03. The van der Waals surface area contributed by atoms with Crippen molar-refractivity contribution in [2.45, 2.75) is 25.7 Å². The van der Waals surface area contributed by atoms with Gasteiger partial charge in [0.05, 0.1) is 16.8 Å². The maximum absolute atomic E-state index is 13.8. The van der Waals surface area contributed by atoms with Gasteiger partial charge in [0.1, 0.15) is 0 Å². The van der Waals surface area contributed by atoms with Crippen LogP contribution in [0.25, 0.3) is 10.2 Å². The first-order valence-electron chi connectivity index (χ1n) is 7.67. The number of nitrogens with one attached hydrogen (secondary N) is 1. The van der Waals surface area contributed by atoms with Crippen LogP contribution in [0.1, 0.15) is 13.8 Å². The van der Waals surface area contributed by atoms with Crippen molar-refractivity contribution in [3.05, 3.63) is 24.3 Å². The van der Waals surface area contributed by atoms with Gasteiger partial charge < -0.3 is 10.1 Å². The van der Waals surface area contributed by atoms with Crippen molar-refractivity contribution in [3.8, 4) is 0 Å². The van der Waals surface area contributed by atoms with Crippen molar-refractivity contribution in [1.82, 2.24) is 4.98 Å². The van der Waals surface area contributed by atoms with E-state index in [9.17, 15) is 22.8 Å². The number of halogens is 3. The number of benzene rings is 1. The molecule has 1 aliphatic rings. The average Bonchev–Trinajstić information content (AvgIpc) is 3.06. The quantitative estimate of drug-likeness (QED) is 0.646. The Morgan fingerprint density at radius 3 is 2.69 bits per heavy atom. The molecule has 6 nitrogen and oxygen atoms in total. The zero-order chi connectivity index (χ0) is 19.1. The molecule has 1 aliphatic heterocycles. The normalized spacial score (nSPS) is 23.2. The highest BCUT2D eigenvalue weighted by Gasteiger charge is 2.67. The Hall–Kier alpha value is -2.49. The molecule has 26 heavy (non-hydrogen) atoms. The van der Waals surface area contributed by atoms with E-state index >= 15 is 0 Å². The summed E-state index contributed by atoms with van der Waals surface area (Å²) in [4.78, 5) is 32.1. The lowest BCUT2D eigenvalue weighted by atomic mass is 9.94. The fourth-order valence-electron chi connectivity index (χ4n) is 2.73. The number of ether oxygens (including phenoxy) is 1. The molecule has 3 rings (SSSR count). The van der Waals surface area contributed by atoms with Crippen molar-refractivity contribution in [2.24, 2.45) is 10.9 Å². The molecule has 1 N–H and O–H groups in total. The third-order valence-corrected chi connectivity index (χ3v) is 4.85. The number of hydrogen-bond donors (Lipinski definition) is 1. The minimum absolute atomic E-state index is 0.0553. The molecule has 2 heterocycles. The van der Waals surface area contributed by atoms with Gasteiger partial charge in [0.25, 0.3) is 5.66 Å². The maximum Gasteiger partial charge on any atom is 0.439 e. The van der Waals surface area contributed by atoms with Crippen LogP contribution in [-0.4, -0.2) is 40.9 Å². The van der Waals surface area contributed by atoms with Gasteiger partial charge in [0.15, 0.2) is 11.0 Å². The molecule has 138 valence electrons. The van der Waals surface area contributed by atoms with Crippen LogP contribution in [0.4, 0.5) is 18.3 Å². The molecule has 2 aromatic rings. The highest BCUT2D eigenvalue weighted by atomic mass is 32.1. The number of anilines is 1. The van der Waals surface area contributed by atoms with Crippen LogP contribution in [0.2, 0.25) is 0 Å². The van der Waals surface area contributed by atoms with Gasteiger partial charge in [-0.2, -0.15) is 13.2 Å². The number of esters is 1. The number of rotatable bonds is 4. The third kappa shape index (κ3) is 2.83. The predicted octanol–water partition coefficient (Wildman–Crippen LogP) is 3.19. The topological polar surface area (TPSA) is 80.7 Å². The highest BCUT2D eigenvalue weighted by Crippen LogP contribution is 2.43. The second kappa shape index (κ2) is 6.35. The second-order valence-corrected chi connectivity index (χ2v) is 6.65. The van der Waals surface area contributed by atoms with Gasteiger partial charge in [-0.1, -0.05) is 23.5 Å². The number of aliphatic imine (C=N–C) groups is 1. The number of aromatic nitrogens is 1. The number of para-hydroxylation sites is 1. The Morgan fingerprint density at radius 1 is 1.38 bits per heavy atom. The van der Waals surface area contributed by atoms with Gasteiger partial charge in [0, 0.05) is 5.71 Å². The van der Waals surface area contributed by atoms with Gasteiger partial charge in [-0.3, -0.25) is 9.59 Å². The number of fused-ring (bicyclic) bond motifs is 1. The summed E-state index contributed by atoms with van der Waals surface area (Å²) in [5.74, 6) is -4.16. The van der Waals surface area contributed by atoms with Gasteiger partial charge in [-0.25, -0.2) is 9.98 Å². The lowest BCUT2D eigenvalue weighted by Gasteiger charge is -2.28. The molecule has 0 radical (unpaired) electrons. The average molecular weight is 385 g/mol. The molecular formula is C16H14F3N3O3S. The van der Waals surface area contributed by atoms with Crippen LogP contribution in [0.3, 0.4) is 0 Å². The van der Waals surface area contributed by atoms with Crippen LogP contribution in [0, 0.1) is 5.92 Å². The number of hydrogen-bond acceptors (Lipinski definition) is 7. The van der Waals surface area contributed by atoms with E-state index in [0.717, 1.165) is 11.3 Å². The van der Waals surface area contributed by atoms with Crippen LogP contribution in [0.15, 0.2) is 29.3 Å². The summed E-state index contributed by atoms with van der Waals surface area (Å²) in [6.45, 7) is 2.65. The minimum Gasteiger partial charge on any atom is -0.465 e. The fraction of sp³-hybridized carbons (Fsp3) is 0.375. The van der Waals surface area contributed by atoms with Gasteiger partial charge >= 0.3 is 12.1 Å². The first kappa shape index (κ1) is 18.3. The number of ketones is 1. The van der Waals surface area contributed by atoms with E-state index in [-0.39, 0.29) is 17.5 Å². The summed E-state index contributed by atoms with van der Waals surface area (Å²) in [6.07, 6.45) is -5.07. The highest BCUT2D eigenvalue weighted by molar-refractivity contribution is 7.22. The van der Waals surface area contributed by atoms with E-state index in [0.29, 0.717) is 10.2 Å². The van der Waals surface area contributed by atoms with Crippen LogP contribution in [-0.2, 0) is 14.3 Å². The number of carbonyl (C=O) groups is 2. The Morgan fingerprint density at radius 2 is 2.08 bits per heavy atom. The monoisotopic (exact) mass is 385 g/mol. The predicted molar refractivity (Wildman–Crippen MR) is 90.3 cm³/mol. The molecule has 0 bridgehead atoms. The molecule has 1 aromatic heterocycles. The lowest BCUT2D eigenvalue weighted by Crippen LogP contribution is -2.56. The van der Waals surface area contributed by atoms with Gasteiger partial charge in [0.2, 0.25) is 5.78 Å². The summed E-state index contributed by atoms with van der Waals surface area (Å²) in [7, 11) is 0. The van der Waals surface area contributed by atoms with Crippen LogP contribution < -0.4 is 5.32 Å². The molecule has 10 heteroatoms. The fourth-order valence-corrected chi connectivity index (χ4v) is 3.65. The molecule has 0 saturated heterocycles. The summed E-state index contributed by atoms with van der Waals surface area (Å²) in [6, 6.07) is 6.77. The molecule has 0 amide bonds. The largest absolute Gasteiger partial charge is 0.465 e. The molecule has 0 aliphatic carbocycles. The molecule has 0 fully saturated rings. The molecule has 0 saturated carbocycles. The second-order valence-electron chi connectivity index (χ2n) is 5.62. The molecule has 0 unspecified atom stereocenters. The van der Waals surface area contributed by atoms with E-state index in [1.807, 2.05) is 0 Å². The smallest absolute Gasteiger partial charge is 0.439 e. The number of nitrogens with zero attached hydrogens (tertiary/aromatic N) is 2. The van der Waals surface area contributed by atoms with E-state index < -0.39 is 29.5 Å². The molecule has 0 spiro atoms. The Labute approximate surface area is 150 Å². The zero-order valence-corrected chi connectivity index (χ0v) is 14.6. The van der Waals surface area contributed by atoms with Gasteiger partial charge in [-0.05, 0) is 26.0 Å². The van der Waals surface area contributed by atoms with Gasteiger partial charge in [-0.15, -0.1) is 0 Å². The van der Waals surface area contributed by atoms with Crippen molar-refractivity contribution in [2.75, 3.05) is 11.9 Å². The molecular weight excluding hydrogens is 371 g/mol. The first-order valence-corrected chi connectivity index (χ1v) is 8.49. The number of Topliss-reactive ketones (excluding diaryl/α,β-unsaturated/α-hetero) is 1. The summed E-state index contributed by atoms with van der Waals surface area (Å²) >= 11 is 0.962. The van der Waals surface area contributed by atoms with E-state index in [4.69, 9.17) is 4.74 Å². The lowest BCUT2D eigenvalue weighted by molar-refractivity contribution is -0.183. The Bertz CT molecular complexity index is 876. The molecule has 1 aromatic carbocycles. The standard InChI is InChI=1S/C16H14F3N3O3S/c1-3-25-13(24)11-8(2)21-15(12(11)23,16(17,18)19)22-14-20-9-6-4-5-7-10(9)26-14/h4-7,11H,3H2,1-2H3,(H,20,22)/t11-,15+/m1/s1. The SMILES string of the molecule is CCOC(=O)[C@H]1C(=O)[C@](Nc2nc3ccccc3s2)(C(F)(F)F)N=C1C. The summed E-state index contributed by atoms with van der Waals surface area (Å²) < 4.78 is 46.9. The summed E-state index contributed by atoms with van der Waals surface area (Å²) in [5.41, 5.74) is -3.02. The van der Waals surface area contributed by atoms with E-state index in [1.165, 1.54) is 13.8 Å². The first-order chi connectivity index (χ1) is 12.2. The number of carbonyl (C=O) groups excluding carboxylic acids is 2. The number of thiazole rings is 1. The van der Waals surface area contributed by atoms with E-state index in [1.54, 1.807) is 24.3 Å². The summed E-state index contributed by atoms with van der Waals surface area (Å²) in [5, 5.41) is 2.02. The van der Waals surface area contributed by atoms with Crippen LogP contribution >= 0.6 is 11.3 Å². The Kier molecular flexibility index (Phi) is 4.47. The van der Waals surface area contributed by atoms with Crippen molar-refractivity contribution in [1.29, 1.82) is 0 Å². The van der Waals surface area contributed by atoms with E-state index in [2.05, 4.69) is 15.3 Å². The molecule has 2 atom stereocenters.